The van der Waals surface area contributed by atoms with Crippen LogP contribution in [0.15, 0.2) is 24.3 Å². The van der Waals surface area contributed by atoms with Crippen molar-refractivity contribution < 1.29 is 4.74 Å². The van der Waals surface area contributed by atoms with Gasteiger partial charge in [-0.05, 0) is 57.0 Å². The molecule has 0 bridgehead atoms. The highest BCUT2D eigenvalue weighted by molar-refractivity contribution is 5.36. The maximum Gasteiger partial charge on any atom is 0.119 e. The van der Waals surface area contributed by atoms with Crippen molar-refractivity contribution in [3.05, 3.63) is 29.8 Å². The Hall–Kier alpha value is -1.06. The lowest BCUT2D eigenvalue weighted by Gasteiger charge is -2.30. The minimum Gasteiger partial charge on any atom is -0.489 e. The van der Waals surface area contributed by atoms with Gasteiger partial charge in [0.25, 0.3) is 0 Å². The quantitative estimate of drug-likeness (QED) is 0.901. The second-order valence-electron chi connectivity index (χ2n) is 6.15. The second-order valence-corrected chi connectivity index (χ2v) is 6.15. The average Bonchev–Trinajstić information content (AvgIpc) is 3.21. The van der Waals surface area contributed by atoms with Crippen molar-refractivity contribution in [3.63, 3.8) is 0 Å². The molecule has 3 heteroatoms. The summed E-state index contributed by atoms with van der Waals surface area (Å²) >= 11 is 0. The van der Waals surface area contributed by atoms with Gasteiger partial charge >= 0.3 is 0 Å². The molecule has 3 rings (SSSR count). The Morgan fingerprint density at radius 3 is 2.63 bits per heavy atom. The third-order valence-corrected chi connectivity index (χ3v) is 4.59. The number of hydrogen-bond donors (Lipinski definition) is 1. The minimum atomic E-state index is 0.281. The van der Waals surface area contributed by atoms with Crippen LogP contribution in [0.4, 0.5) is 0 Å². The predicted octanol–water partition coefficient (Wildman–Crippen LogP) is 2.15. The molecule has 1 saturated carbocycles. The summed E-state index contributed by atoms with van der Waals surface area (Å²) in [6.45, 7) is 2.99. The number of rotatable bonds is 4. The highest BCUT2D eigenvalue weighted by atomic mass is 16.5. The Morgan fingerprint density at radius 2 is 2.05 bits per heavy atom. The molecule has 0 spiro atoms. The first kappa shape index (κ1) is 12.9. The van der Waals surface area contributed by atoms with Crippen molar-refractivity contribution in [3.8, 4) is 5.75 Å². The Morgan fingerprint density at radius 1 is 1.32 bits per heavy atom. The number of nitrogens with two attached hydrogens (primary N) is 1. The van der Waals surface area contributed by atoms with E-state index in [-0.39, 0.29) is 5.41 Å². The van der Waals surface area contributed by atoms with Gasteiger partial charge < -0.3 is 15.4 Å². The number of benzene rings is 1. The van der Waals surface area contributed by atoms with Crippen LogP contribution in [0.1, 0.15) is 31.2 Å². The first-order valence-corrected chi connectivity index (χ1v) is 7.38. The molecule has 0 aromatic heterocycles. The van der Waals surface area contributed by atoms with Crippen molar-refractivity contribution in [1.82, 2.24) is 4.90 Å². The molecule has 1 aromatic rings. The first-order valence-electron chi connectivity index (χ1n) is 7.38. The number of likely N-dealkylation sites (N-methyl/N-ethyl adjacent to an activating group) is 1. The van der Waals surface area contributed by atoms with Crippen LogP contribution in [-0.2, 0) is 5.41 Å². The standard InChI is InChI=1S/C16H24N2O/c1-18-10-2-3-15(11-18)19-14-6-4-13(5-7-14)16(12-17)8-9-16/h4-7,15H,2-3,8-12,17H2,1H3. The van der Waals surface area contributed by atoms with Gasteiger partial charge in [-0.1, -0.05) is 12.1 Å². The summed E-state index contributed by atoms with van der Waals surface area (Å²) < 4.78 is 6.07. The van der Waals surface area contributed by atoms with Crippen LogP contribution >= 0.6 is 0 Å². The molecule has 2 N–H and O–H groups in total. The molecule has 2 aliphatic rings. The fourth-order valence-electron chi connectivity index (χ4n) is 3.06. The van der Waals surface area contributed by atoms with Gasteiger partial charge in [0, 0.05) is 18.5 Å². The van der Waals surface area contributed by atoms with Gasteiger partial charge in [-0.2, -0.15) is 0 Å². The fraction of sp³-hybridized carbons (Fsp3) is 0.625. The molecule has 1 unspecified atom stereocenters. The Kier molecular flexibility index (Phi) is 3.50. The van der Waals surface area contributed by atoms with Crippen molar-refractivity contribution >= 4 is 0 Å². The second kappa shape index (κ2) is 5.14. The van der Waals surface area contributed by atoms with E-state index in [1.165, 1.54) is 37.8 Å². The van der Waals surface area contributed by atoms with E-state index >= 15 is 0 Å². The molecule has 1 aliphatic carbocycles. The number of nitrogens with zero attached hydrogens (tertiary/aromatic N) is 1. The molecule has 1 saturated heterocycles. The van der Waals surface area contributed by atoms with E-state index in [0.717, 1.165) is 18.8 Å². The minimum absolute atomic E-state index is 0.281. The molecule has 19 heavy (non-hydrogen) atoms. The largest absolute Gasteiger partial charge is 0.489 e. The monoisotopic (exact) mass is 260 g/mol. The van der Waals surface area contributed by atoms with Gasteiger partial charge in [0.15, 0.2) is 0 Å². The third kappa shape index (κ3) is 2.77. The molecular formula is C16H24N2O. The summed E-state index contributed by atoms with van der Waals surface area (Å²) in [5, 5.41) is 0. The number of ether oxygens (including phenoxy) is 1. The van der Waals surface area contributed by atoms with E-state index in [1.54, 1.807) is 0 Å². The summed E-state index contributed by atoms with van der Waals surface area (Å²) in [4.78, 5) is 2.34. The molecule has 1 aromatic carbocycles. The number of piperidine rings is 1. The lowest BCUT2D eigenvalue weighted by Crippen LogP contribution is -2.38. The van der Waals surface area contributed by atoms with Crippen molar-refractivity contribution in [2.75, 3.05) is 26.7 Å². The zero-order valence-corrected chi connectivity index (χ0v) is 11.8. The van der Waals surface area contributed by atoms with E-state index in [4.69, 9.17) is 10.5 Å². The highest BCUT2D eigenvalue weighted by Gasteiger charge is 2.42. The molecule has 1 atom stereocenters. The van der Waals surface area contributed by atoms with Gasteiger partial charge in [0.1, 0.15) is 11.9 Å². The van der Waals surface area contributed by atoms with Crippen LogP contribution in [0, 0.1) is 0 Å². The maximum absolute atomic E-state index is 6.07. The molecule has 1 heterocycles. The summed E-state index contributed by atoms with van der Waals surface area (Å²) in [6.07, 6.45) is 5.21. The Balaban J connectivity index is 1.63. The Bertz CT molecular complexity index is 425. The summed E-state index contributed by atoms with van der Waals surface area (Å²) in [5.41, 5.74) is 7.53. The molecule has 104 valence electrons. The van der Waals surface area contributed by atoms with Crippen molar-refractivity contribution in [1.29, 1.82) is 0 Å². The molecule has 3 nitrogen and oxygen atoms in total. The van der Waals surface area contributed by atoms with Gasteiger partial charge in [0.2, 0.25) is 0 Å². The highest BCUT2D eigenvalue weighted by Crippen LogP contribution is 2.47. The van der Waals surface area contributed by atoms with Crippen LogP contribution in [0.5, 0.6) is 5.75 Å². The number of likely N-dealkylation sites (tertiary alicyclic amines) is 1. The normalized spacial score (nSPS) is 26.1. The summed E-state index contributed by atoms with van der Waals surface area (Å²) in [7, 11) is 2.16. The lowest BCUT2D eigenvalue weighted by atomic mass is 9.96. The Labute approximate surface area is 115 Å². The van der Waals surface area contributed by atoms with Gasteiger partial charge in [-0.25, -0.2) is 0 Å². The van der Waals surface area contributed by atoms with Crippen LogP contribution in [0.3, 0.4) is 0 Å². The van der Waals surface area contributed by atoms with E-state index in [9.17, 15) is 0 Å². The molecular weight excluding hydrogens is 236 g/mol. The van der Waals surface area contributed by atoms with E-state index in [1.807, 2.05) is 0 Å². The maximum atomic E-state index is 6.07. The summed E-state index contributed by atoms with van der Waals surface area (Å²) in [5.74, 6) is 0.997. The average molecular weight is 260 g/mol. The molecule has 2 fully saturated rings. The lowest BCUT2D eigenvalue weighted by molar-refractivity contribution is 0.104. The van der Waals surface area contributed by atoms with Crippen molar-refractivity contribution in [2.24, 2.45) is 5.73 Å². The van der Waals surface area contributed by atoms with Gasteiger partial charge in [0.05, 0.1) is 0 Å². The SMILES string of the molecule is CN1CCCC(Oc2ccc(C3(CN)CC3)cc2)C1. The van der Waals surface area contributed by atoms with Crippen molar-refractivity contribution in [2.45, 2.75) is 37.2 Å². The topological polar surface area (TPSA) is 38.5 Å². The van der Waals surface area contributed by atoms with Gasteiger partial charge in [-0.15, -0.1) is 0 Å². The predicted molar refractivity (Wildman–Crippen MR) is 77.6 cm³/mol. The van der Waals surface area contributed by atoms with Crippen LogP contribution < -0.4 is 10.5 Å². The molecule has 1 aliphatic heterocycles. The van der Waals surface area contributed by atoms with Crippen LogP contribution in [-0.4, -0.2) is 37.7 Å². The smallest absolute Gasteiger partial charge is 0.119 e. The fourth-order valence-corrected chi connectivity index (χ4v) is 3.06. The zero-order valence-electron chi connectivity index (χ0n) is 11.8. The van der Waals surface area contributed by atoms with Crippen LogP contribution in [0.2, 0.25) is 0 Å². The number of hydrogen-bond acceptors (Lipinski definition) is 3. The van der Waals surface area contributed by atoms with E-state index in [2.05, 4.69) is 36.2 Å². The first-order chi connectivity index (χ1) is 9.22. The zero-order chi connectivity index (χ0) is 13.3. The summed E-state index contributed by atoms with van der Waals surface area (Å²) in [6, 6.07) is 8.61. The van der Waals surface area contributed by atoms with Crippen LogP contribution in [0.25, 0.3) is 0 Å². The molecule has 0 amide bonds. The van der Waals surface area contributed by atoms with E-state index in [0.29, 0.717) is 6.10 Å². The molecule has 0 radical (unpaired) electrons. The van der Waals surface area contributed by atoms with Gasteiger partial charge in [-0.3, -0.25) is 0 Å². The third-order valence-electron chi connectivity index (χ3n) is 4.59. The van der Waals surface area contributed by atoms with E-state index < -0.39 is 0 Å².